The summed E-state index contributed by atoms with van der Waals surface area (Å²) in [5.41, 5.74) is 5.05. The van der Waals surface area contributed by atoms with Gasteiger partial charge in [-0.1, -0.05) is 6.42 Å². The Balaban J connectivity index is 2.15. The van der Waals surface area contributed by atoms with E-state index in [-0.39, 0.29) is 30.0 Å². The fourth-order valence-corrected chi connectivity index (χ4v) is 2.71. The van der Waals surface area contributed by atoms with E-state index in [1.165, 1.54) is 0 Å². The van der Waals surface area contributed by atoms with Crippen LogP contribution in [-0.4, -0.2) is 63.3 Å². The molecule has 0 bridgehead atoms. The smallest absolute Gasteiger partial charge is 0.223 e. The third kappa shape index (κ3) is 9.26. The molecule has 0 aliphatic heterocycles. The summed E-state index contributed by atoms with van der Waals surface area (Å²) in [7, 11) is 0. The average molecular weight is 348 g/mol. The first-order valence-corrected chi connectivity index (χ1v) is 8.59. The van der Waals surface area contributed by atoms with E-state index < -0.39 is 0 Å². The number of hydrogen-bond acceptors (Lipinski definition) is 7. The minimum absolute atomic E-state index is 0.00340. The number of aldehydes is 1. The third-order valence-electron chi connectivity index (χ3n) is 3.64. The second-order valence-corrected chi connectivity index (χ2v) is 6.04. The molecule has 1 rings (SSSR count). The number of rotatable bonds is 12. The summed E-state index contributed by atoms with van der Waals surface area (Å²) < 4.78 is 16.2. The first-order chi connectivity index (χ1) is 11.2. The lowest BCUT2D eigenvalue weighted by atomic mass is 9.86. The Morgan fingerprint density at radius 3 is 2.96 bits per heavy atom. The van der Waals surface area contributed by atoms with Gasteiger partial charge in [0.25, 0.3) is 0 Å². The summed E-state index contributed by atoms with van der Waals surface area (Å²) >= 11 is 4.30. The van der Waals surface area contributed by atoms with E-state index in [9.17, 15) is 9.59 Å². The molecule has 7 nitrogen and oxygen atoms in total. The maximum atomic E-state index is 12.0. The number of amides is 1. The molecule has 1 fully saturated rings. The van der Waals surface area contributed by atoms with Gasteiger partial charge < -0.3 is 30.1 Å². The highest BCUT2D eigenvalue weighted by molar-refractivity contribution is 7.80. The summed E-state index contributed by atoms with van der Waals surface area (Å²) in [6.45, 7) is 2.11. The summed E-state index contributed by atoms with van der Waals surface area (Å²) in [6, 6.07) is 0. The normalized spacial score (nSPS) is 22.5. The molecule has 0 radical (unpaired) electrons. The van der Waals surface area contributed by atoms with E-state index in [0.717, 1.165) is 25.7 Å². The van der Waals surface area contributed by atoms with Crippen molar-refractivity contribution < 1.29 is 23.8 Å². The van der Waals surface area contributed by atoms with Crippen molar-refractivity contribution in [3.63, 3.8) is 0 Å². The molecule has 1 aliphatic carbocycles. The molecule has 3 N–H and O–H groups in total. The minimum atomic E-state index is -0.346. The predicted molar refractivity (Wildman–Crippen MR) is 89.4 cm³/mol. The van der Waals surface area contributed by atoms with Gasteiger partial charge in [0.05, 0.1) is 25.9 Å². The number of nitrogens with one attached hydrogen (secondary N) is 1. The van der Waals surface area contributed by atoms with Crippen molar-refractivity contribution in [2.24, 2.45) is 11.7 Å². The van der Waals surface area contributed by atoms with Gasteiger partial charge >= 0.3 is 0 Å². The van der Waals surface area contributed by atoms with Crippen molar-refractivity contribution in [2.75, 3.05) is 39.5 Å². The fourth-order valence-electron chi connectivity index (χ4n) is 2.52. The summed E-state index contributed by atoms with van der Waals surface area (Å²) in [5.74, 6) is 0.0612. The molecule has 0 spiro atoms. The Labute approximate surface area is 143 Å². The average Bonchev–Trinajstić information content (AvgIpc) is 2.58. The SMILES string of the molecule is NCCNC(=O)C1CCCC(OCC(S)OCCOCC=O)C1. The van der Waals surface area contributed by atoms with Crippen LogP contribution in [-0.2, 0) is 23.8 Å². The molecule has 8 heteroatoms. The second-order valence-electron chi connectivity index (χ2n) is 5.47. The Morgan fingerprint density at radius 2 is 2.22 bits per heavy atom. The number of ether oxygens (including phenoxy) is 3. The zero-order chi connectivity index (χ0) is 16.9. The molecule has 1 aliphatic rings. The molecule has 3 unspecified atom stereocenters. The standard InChI is InChI=1S/C15H28N2O5S/c16-4-5-17-15(19)12-2-1-3-13(10-12)22-11-14(23)21-9-8-20-7-6-18/h6,12-14,23H,1-5,7-11,16H2,(H,17,19). The quantitative estimate of drug-likeness (QED) is 0.201. The van der Waals surface area contributed by atoms with Crippen LogP contribution in [0.4, 0.5) is 0 Å². The highest BCUT2D eigenvalue weighted by atomic mass is 32.1. The van der Waals surface area contributed by atoms with E-state index in [1.54, 1.807) is 0 Å². The zero-order valence-electron chi connectivity index (χ0n) is 13.4. The maximum Gasteiger partial charge on any atom is 0.223 e. The lowest BCUT2D eigenvalue weighted by molar-refractivity contribution is -0.128. The van der Waals surface area contributed by atoms with Gasteiger partial charge in [0.15, 0.2) is 0 Å². The van der Waals surface area contributed by atoms with Crippen LogP contribution in [0.2, 0.25) is 0 Å². The van der Waals surface area contributed by atoms with Crippen LogP contribution in [0, 0.1) is 5.92 Å². The largest absolute Gasteiger partial charge is 0.375 e. The van der Waals surface area contributed by atoms with Crippen LogP contribution in [0.25, 0.3) is 0 Å². The Morgan fingerprint density at radius 1 is 1.39 bits per heavy atom. The van der Waals surface area contributed by atoms with Crippen molar-refractivity contribution in [1.82, 2.24) is 5.32 Å². The van der Waals surface area contributed by atoms with Crippen molar-refractivity contribution >= 4 is 24.8 Å². The van der Waals surface area contributed by atoms with Gasteiger partial charge in [-0.05, 0) is 19.3 Å². The second kappa shape index (κ2) is 12.7. The molecular weight excluding hydrogens is 320 g/mol. The molecule has 0 saturated heterocycles. The Hall–Kier alpha value is -0.670. The van der Waals surface area contributed by atoms with Crippen molar-refractivity contribution in [2.45, 2.75) is 37.2 Å². The van der Waals surface area contributed by atoms with E-state index in [1.807, 2.05) is 0 Å². The van der Waals surface area contributed by atoms with Crippen LogP contribution < -0.4 is 11.1 Å². The van der Waals surface area contributed by atoms with Crippen LogP contribution in [0.3, 0.4) is 0 Å². The third-order valence-corrected chi connectivity index (χ3v) is 3.94. The molecule has 1 saturated carbocycles. The molecule has 0 aromatic heterocycles. The number of thiol groups is 1. The Kier molecular flexibility index (Phi) is 11.3. The van der Waals surface area contributed by atoms with Crippen LogP contribution in [0.5, 0.6) is 0 Å². The number of nitrogens with two attached hydrogens (primary N) is 1. The minimum Gasteiger partial charge on any atom is -0.375 e. The lowest BCUT2D eigenvalue weighted by Gasteiger charge is -2.29. The zero-order valence-corrected chi connectivity index (χ0v) is 14.3. The van der Waals surface area contributed by atoms with Crippen molar-refractivity contribution in [3.8, 4) is 0 Å². The number of hydrogen-bond donors (Lipinski definition) is 3. The highest BCUT2D eigenvalue weighted by Crippen LogP contribution is 2.26. The van der Waals surface area contributed by atoms with Crippen molar-refractivity contribution in [3.05, 3.63) is 0 Å². The van der Waals surface area contributed by atoms with Gasteiger partial charge in [0.2, 0.25) is 5.91 Å². The van der Waals surface area contributed by atoms with Gasteiger partial charge in [0, 0.05) is 19.0 Å². The van der Waals surface area contributed by atoms with Gasteiger partial charge in [-0.3, -0.25) is 4.79 Å². The topological polar surface area (TPSA) is 99.9 Å². The van der Waals surface area contributed by atoms with Gasteiger partial charge in [0.1, 0.15) is 18.3 Å². The fraction of sp³-hybridized carbons (Fsp3) is 0.867. The predicted octanol–water partition coefficient (Wildman–Crippen LogP) is 0.125. The van der Waals surface area contributed by atoms with E-state index in [0.29, 0.717) is 39.2 Å². The summed E-state index contributed by atoms with van der Waals surface area (Å²) in [5, 5.41) is 2.83. The van der Waals surface area contributed by atoms with Gasteiger partial charge in [-0.25, -0.2) is 0 Å². The molecule has 0 aromatic carbocycles. The molecule has 23 heavy (non-hydrogen) atoms. The van der Waals surface area contributed by atoms with Crippen molar-refractivity contribution in [1.29, 1.82) is 0 Å². The number of carbonyl (C=O) groups is 2. The lowest BCUT2D eigenvalue weighted by Crippen LogP contribution is -2.38. The maximum absolute atomic E-state index is 12.0. The van der Waals surface area contributed by atoms with Gasteiger partial charge in [-0.2, -0.15) is 0 Å². The van der Waals surface area contributed by atoms with Gasteiger partial charge in [-0.15, -0.1) is 12.6 Å². The first-order valence-electron chi connectivity index (χ1n) is 8.07. The van der Waals surface area contributed by atoms with Crippen LogP contribution in [0.1, 0.15) is 25.7 Å². The van der Waals surface area contributed by atoms with E-state index in [2.05, 4.69) is 17.9 Å². The molecule has 0 aromatic rings. The van der Waals surface area contributed by atoms with Crippen LogP contribution in [0.15, 0.2) is 0 Å². The summed E-state index contributed by atoms with van der Waals surface area (Å²) in [6.07, 6.45) is 4.30. The molecule has 0 heterocycles. The number of carbonyl (C=O) groups excluding carboxylic acids is 2. The first kappa shape index (κ1) is 20.4. The summed E-state index contributed by atoms with van der Waals surface area (Å²) in [4.78, 5) is 22.0. The van der Waals surface area contributed by atoms with E-state index >= 15 is 0 Å². The monoisotopic (exact) mass is 348 g/mol. The van der Waals surface area contributed by atoms with Crippen LogP contribution >= 0.6 is 12.6 Å². The molecule has 1 amide bonds. The molecule has 134 valence electrons. The molecular formula is C15H28N2O5S. The molecule has 3 atom stereocenters. The Bertz CT molecular complexity index is 346. The highest BCUT2D eigenvalue weighted by Gasteiger charge is 2.27. The van der Waals surface area contributed by atoms with E-state index in [4.69, 9.17) is 19.9 Å².